The van der Waals surface area contributed by atoms with Crippen LogP contribution in [0, 0.1) is 5.92 Å². The molecular formula is C21H19BrN4O2. The lowest BCUT2D eigenvalue weighted by atomic mass is 10.0. The third-order valence-corrected chi connectivity index (χ3v) is 6.31. The number of hydrogen-bond donors (Lipinski definition) is 0. The molecule has 2 aromatic heterocycles. The minimum Gasteiger partial charge on any atom is -0.276 e. The molecule has 0 bridgehead atoms. The number of nitrogens with zero attached hydrogens (tertiary/aromatic N) is 4. The normalized spacial score (nSPS) is 14.2. The number of benzene rings is 2. The van der Waals surface area contributed by atoms with Crippen LogP contribution in [-0.2, 0) is 20.1 Å². The van der Waals surface area contributed by atoms with E-state index in [1.54, 1.807) is 9.25 Å². The van der Waals surface area contributed by atoms with E-state index in [1.807, 2.05) is 18.2 Å². The summed E-state index contributed by atoms with van der Waals surface area (Å²) in [5.74, 6) is 0.500. The van der Waals surface area contributed by atoms with Crippen LogP contribution in [0.3, 0.4) is 0 Å². The molecule has 1 aliphatic rings. The Morgan fingerprint density at radius 2 is 1.86 bits per heavy atom. The summed E-state index contributed by atoms with van der Waals surface area (Å²) in [6, 6.07) is 14.4. The summed E-state index contributed by atoms with van der Waals surface area (Å²) in [5.41, 5.74) is 0.960. The highest BCUT2D eigenvalue weighted by Gasteiger charge is 2.26. The summed E-state index contributed by atoms with van der Waals surface area (Å²) in [7, 11) is 1.53. The largest absolute Gasteiger partial charge is 0.332 e. The molecule has 0 saturated heterocycles. The molecule has 1 saturated carbocycles. The van der Waals surface area contributed by atoms with E-state index in [2.05, 4.69) is 45.3 Å². The van der Waals surface area contributed by atoms with E-state index in [-0.39, 0.29) is 11.2 Å². The number of aromatic nitrogens is 4. The average molecular weight is 439 g/mol. The van der Waals surface area contributed by atoms with Crippen molar-refractivity contribution < 1.29 is 0 Å². The third-order valence-electron chi connectivity index (χ3n) is 5.50. The van der Waals surface area contributed by atoms with Gasteiger partial charge in [-0.15, -0.1) is 0 Å². The first kappa shape index (κ1) is 17.4. The van der Waals surface area contributed by atoms with Crippen molar-refractivity contribution in [1.82, 2.24) is 18.9 Å². The Bertz CT molecular complexity index is 1340. The maximum atomic E-state index is 12.8. The second-order valence-electron chi connectivity index (χ2n) is 7.49. The minimum atomic E-state index is -0.317. The lowest BCUT2D eigenvalue weighted by Gasteiger charge is -2.08. The van der Waals surface area contributed by atoms with E-state index in [4.69, 9.17) is 0 Å². The predicted octanol–water partition coefficient (Wildman–Crippen LogP) is 3.27. The molecule has 0 radical (unpaired) electrons. The predicted molar refractivity (Wildman–Crippen MR) is 113 cm³/mol. The van der Waals surface area contributed by atoms with Crippen LogP contribution in [0.25, 0.3) is 21.8 Å². The molecule has 2 heterocycles. The van der Waals surface area contributed by atoms with Crippen LogP contribution in [0.5, 0.6) is 0 Å². The lowest BCUT2D eigenvalue weighted by molar-refractivity contribution is 0.571. The molecule has 0 N–H and O–H groups in total. The number of hydrogen-bond acceptors (Lipinski definition) is 3. The highest BCUT2D eigenvalue weighted by Crippen LogP contribution is 2.31. The van der Waals surface area contributed by atoms with Gasteiger partial charge in [0.05, 0.1) is 6.54 Å². The van der Waals surface area contributed by atoms with E-state index in [9.17, 15) is 9.59 Å². The van der Waals surface area contributed by atoms with E-state index < -0.39 is 0 Å². The number of halogens is 1. The van der Waals surface area contributed by atoms with Gasteiger partial charge in [0, 0.05) is 13.6 Å². The average Bonchev–Trinajstić information content (AvgIpc) is 3.47. The van der Waals surface area contributed by atoms with Crippen molar-refractivity contribution in [3.8, 4) is 0 Å². The SMILES string of the molecule is Cn1c(=O)c2c(Br)n(Cc3cccc4ccccc34)nc2n(CC2CC2)c1=O. The summed E-state index contributed by atoms with van der Waals surface area (Å²) < 4.78 is 5.22. The van der Waals surface area contributed by atoms with Gasteiger partial charge in [0.1, 0.15) is 9.99 Å². The molecule has 142 valence electrons. The molecule has 7 heteroatoms. The summed E-state index contributed by atoms with van der Waals surface area (Å²) >= 11 is 3.57. The Kier molecular flexibility index (Phi) is 4.01. The van der Waals surface area contributed by atoms with Gasteiger partial charge in [0.25, 0.3) is 5.56 Å². The third kappa shape index (κ3) is 2.73. The first-order valence-corrected chi connectivity index (χ1v) is 10.2. The van der Waals surface area contributed by atoms with Gasteiger partial charge >= 0.3 is 5.69 Å². The first-order chi connectivity index (χ1) is 13.5. The van der Waals surface area contributed by atoms with E-state index in [0.29, 0.717) is 34.6 Å². The Hall–Kier alpha value is -2.67. The minimum absolute atomic E-state index is 0.299. The van der Waals surface area contributed by atoms with Crippen LogP contribution in [0.2, 0.25) is 0 Å². The van der Waals surface area contributed by atoms with Crippen LogP contribution in [0.15, 0.2) is 56.7 Å². The van der Waals surface area contributed by atoms with E-state index in [0.717, 1.165) is 29.2 Å². The Morgan fingerprint density at radius 1 is 1.11 bits per heavy atom. The Balaban J connectivity index is 1.70. The van der Waals surface area contributed by atoms with Crippen molar-refractivity contribution in [2.75, 3.05) is 0 Å². The van der Waals surface area contributed by atoms with Crippen LogP contribution in [-0.4, -0.2) is 18.9 Å². The van der Waals surface area contributed by atoms with Gasteiger partial charge in [-0.2, -0.15) is 5.10 Å². The van der Waals surface area contributed by atoms with Crippen LogP contribution in [0.1, 0.15) is 18.4 Å². The van der Waals surface area contributed by atoms with Gasteiger partial charge in [-0.3, -0.25) is 18.6 Å². The van der Waals surface area contributed by atoms with Crippen molar-refractivity contribution in [1.29, 1.82) is 0 Å². The maximum absolute atomic E-state index is 12.8. The molecule has 4 aromatic rings. The Morgan fingerprint density at radius 3 is 2.64 bits per heavy atom. The zero-order valence-electron chi connectivity index (χ0n) is 15.4. The van der Waals surface area contributed by atoms with Gasteiger partial charge in [0.15, 0.2) is 5.65 Å². The van der Waals surface area contributed by atoms with Crippen LogP contribution >= 0.6 is 15.9 Å². The fourth-order valence-corrected chi connectivity index (χ4v) is 4.30. The fourth-order valence-electron chi connectivity index (χ4n) is 3.75. The van der Waals surface area contributed by atoms with Crippen molar-refractivity contribution >= 4 is 37.7 Å². The highest BCUT2D eigenvalue weighted by molar-refractivity contribution is 9.10. The van der Waals surface area contributed by atoms with E-state index >= 15 is 0 Å². The molecule has 0 aliphatic heterocycles. The fraction of sp³-hybridized carbons (Fsp3) is 0.286. The Labute approximate surface area is 169 Å². The van der Waals surface area contributed by atoms with Gasteiger partial charge in [0.2, 0.25) is 0 Å². The molecule has 0 atom stereocenters. The molecule has 28 heavy (non-hydrogen) atoms. The quantitative estimate of drug-likeness (QED) is 0.491. The molecule has 1 fully saturated rings. The monoisotopic (exact) mass is 438 g/mol. The van der Waals surface area contributed by atoms with Crippen LogP contribution < -0.4 is 11.2 Å². The van der Waals surface area contributed by atoms with Crippen molar-refractivity contribution in [3.63, 3.8) is 0 Å². The topological polar surface area (TPSA) is 61.8 Å². The van der Waals surface area contributed by atoms with Gasteiger partial charge < -0.3 is 0 Å². The standard InChI is InChI=1S/C21H19BrN4O2/c1-24-20(27)17-18(22)26(23-19(17)25(21(24)28)11-13-9-10-13)12-15-7-4-6-14-5-2-3-8-16(14)15/h2-8,13H,9-12H2,1H3. The molecule has 0 unspecified atom stereocenters. The molecule has 2 aromatic carbocycles. The molecule has 5 rings (SSSR count). The zero-order chi connectivity index (χ0) is 19.4. The van der Waals surface area contributed by atoms with Gasteiger partial charge in [-0.1, -0.05) is 42.5 Å². The lowest BCUT2D eigenvalue weighted by Crippen LogP contribution is -2.38. The summed E-state index contributed by atoms with van der Waals surface area (Å²) in [4.78, 5) is 25.4. The van der Waals surface area contributed by atoms with Gasteiger partial charge in [-0.05, 0) is 51.0 Å². The summed E-state index contributed by atoms with van der Waals surface area (Å²) in [6.07, 6.45) is 2.24. The summed E-state index contributed by atoms with van der Waals surface area (Å²) in [6.45, 7) is 1.12. The van der Waals surface area contributed by atoms with Crippen LogP contribution in [0.4, 0.5) is 0 Å². The van der Waals surface area contributed by atoms with E-state index in [1.165, 1.54) is 11.6 Å². The molecule has 6 nitrogen and oxygen atoms in total. The number of fused-ring (bicyclic) bond motifs is 2. The molecule has 1 aliphatic carbocycles. The molecular weight excluding hydrogens is 420 g/mol. The summed E-state index contributed by atoms with van der Waals surface area (Å²) in [5, 5.41) is 7.45. The van der Waals surface area contributed by atoms with Crippen molar-refractivity contribution in [2.24, 2.45) is 13.0 Å². The van der Waals surface area contributed by atoms with Gasteiger partial charge in [-0.25, -0.2) is 4.79 Å². The number of rotatable bonds is 4. The van der Waals surface area contributed by atoms with Crippen molar-refractivity contribution in [2.45, 2.75) is 25.9 Å². The second-order valence-corrected chi connectivity index (χ2v) is 8.24. The second kappa shape index (κ2) is 6.44. The van der Waals surface area contributed by atoms with Crippen molar-refractivity contribution in [3.05, 3.63) is 73.5 Å². The first-order valence-electron chi connectivity index (χ1n) is 9.37. The smallest absolute Gasteiger partial charge is 0.276 e. The maximum Gasteiger partial charge on any atom is 0.332 e. The molecule has 0 spiro atoms. The zero-order valence-corrected chi connectivity index (χ0v) is 17.0. The molecule has 0 amide bonds. The highest BCUT2D eigenvalue weighted by atomic mass is 79.9.